The quantitative estimate of drug-likeness (QED) is 0.831. The fourth-order valence-electron chi connectivity index (χ4n) is 2.91. The van der Waals surface area contributed by atoms with E-state index in [-0.39, 0.29) is 29.9 Å². The number of nitrogens with one attached hydrogen (secondary N) is 1. The van der Waals surface area contributed by atoms with Crippen LogP contribution in [0.3, 0.4) is 0 Å². The Morgan fingerprint density at radius 3 is 2.42 bits per heavy atom. The Bertz CT molecular complexity index is 521. The Morgan fingerprint density at radius 2 is 1.88 bits per heavy atom. The monoisotopic (exact) mass is 368 g/mol. The first kappa shape index (κ1) is 20.9. The molecule has 2 N–H and O–H groups in total. The molecule has 1 saturated heterocycles. The maximum absolute atomic E-state index is 12.4. The summed E-state index contributed by atoms with van der Waals surface area (Å²) in [4.78, 5) is 2.20. The van der Waals surface area contributed by atoms with Crippen LogP contribution in [0.15, 0.2) is 18.2 Å². The molecule has 0 bridgehead atoms. The van der Waals surface area contributed by atoms with Gasteiger partial charge in [-0.1, -0.05) is 13.8 Å². The van der Waals surface area contributed by atoms with Crippen LogP contribution < -0.4 is 10.1 Å². The van der Waals surface area contributed by atoms with Crippen LogP contribution in [0.5, 0.6) is 11.5 Å². The normalized spacial score (nSPS) is 17.4. The molecule has 0 spiro atoms. The number of nitrogens with zero attached hydrogens (tertiary/aromatic N) is 1. The van der Waals surface area contributed by atoms with E-state index in [1.807, 2.05) is 0 Å². The number of hydrogen-bond acceptors (Lipinski definition) is 4. The van der Waals surface area contributed by atoms with Crippen molar-refractivity contribution in [2.75, 3.05) is 26.2 Å². The van der Waals surface area contributed by atoms with Gasteiger partial charge in [0.1, 0.15) is 11.5 Å². The standard InChI is InChI=1S/C16H23F3N2O2.ClH/c1-11(2)9-14(21-7-5-20-6-8-21)13-10-12(3-4-15(13)22)23-16(17,18)19;/h3-4,10-11,14,20,22H,5-9H2,1-2H3;1H/t14-;/m0./s1. The average molecular weight is 369 g/mol. The first-order chi connectivity index (χ1) is 10.8. The zero-order valence-electron chi connectivity index (χ0n) is 13.8. The van der Waals surface area contributed by atoms with Gasteiger partial charge in [0, 0.05) is 37.8 Å². The average Bonchev–Trinajstić information content (AvgIpc) is 2.46. The summed E-state index contributed by atoms with van der Waals surface area (Å²) in [5.74, 6) is 0.0550. The Labute approximate surface area is 146 Å². The van der Waals surface area contributed by atoms with E-state index in [0.717, 1.165) is 38.7 Å². The van der Waals surface area contributed by atoms with Crippen molar-refractivity contribution in [2.24, 2.45) is 5.92 Å². The summed E-state index contributed by atoms with van der Waals surface area (Å²) in [6.45, 7) is 7.36. The summed E-state index contributed by atoms with van der Waals surface area (Å²) in [6, 6.07) is 3.58. The third-order valence-corrected chi connectivity index (χ3v) is 3.88. The van der Waals surface area contributed by atoms with Crippen LogP contribution in [0, 0.1) is 5.92 Å². The van der Waals surface area contributed by atoms with Gasteiger partial charge in [-0.3, -0.25) is 4.90 Å². The minimum absolute atomic E-state index is 0. The van der Waals surface area contributed by atoms with Crippen LogP contribution >= 0.6 is 12.4 Å². The van der Waals surface area contributed by atoms with Gasteiger partial charge in [0.25, 0.3) is 0 Å². The minimum Gasteiger partial charge on any atom is -0.508 e. The number of ether oxygens (including phenoxy) is 1. The van der Waals surface area contributed by atoms with Crippen molar-refractivity contribution >= 4 is 12.4 Å². The molecule has 1 fully saturated rings. The molecule has 1 aromatic rings. The third-order valence-electron chi connectivity index (χ3n) is 3.88. The first-order valence-electron chi connectivity index (χ1n) is 7.79. The zero-order valence-corrected chi connectivity index (χ0v) is 14.6. The molecule has 138 valence electrons. The molecule has 24 heavy (non-hydrogen) atoms. The lowest BCUT2D eigenvalue weighted by atomic mass is 9.94. The topological polar surface area (TPSA) is 44.7 Å². The molecule has 8 heteroatoms. The summed E-state index contributed by atoms with van der Waals surface area (Å²) >= 11 is 0. The van der Waals surface area contributed by atoms with Crippen LogP contribution in [0.25, 0.3) is 0 Å². The Kier molecular flexibility index (Phi) is 7.63. The molecule has 0 amide bonds. The summed E-state index contributed by atoms with van der Waals surface area (Å²) in [7, 11) is 0. The Morgan fingerprint density at radius 1 is 1.25 bits per heavy atom. The number of halogens is 4. The fraction of sp³-hybridized carbons (Fsp3) is 0.625. The molecule has 1 atom stereocenters. The summed E-state index contributed by atoms with van der Waals surface area (Å²) in [5.41, 5.74) is 0.488. The number of phenols is 1. The largest absolute Gasteiger partial charge is 0.573 e. The van der Waals surface area contributed by atoms with Gasteiger partial charge >= 0.3 is 6.36 Å². The Balaban J connectivity index is 0.00000288. The van der Waals surface area contributed by atoms with Gasteiger partial charge in [-0.05, 0) is 30.5 Å². The van der Waals surface area contributed by atoms with Gasteiger partial charge in [-0.25, -0.2) is 0 Å². The van der Waals surface area contributed by atoms with E-state index >= 15 is 0 Å². The van der Waals surface area contributed by atoms with Crippen molar-refractivity contribution in [3.05, 3.63) is 23.8 Å². The van der Waals surface area contributed by atoms with Crippen molar-refractivity contribution < 1.29 is 23.0 Å². The number of phenolic OH excluding ortho intramolecular Hbond substituents is 1. The number of rotatable bonds is 5. The number of alkyl halides is 3. The second kappa shape index (κ2) is 8.78. The molecule has 1 heterocycles. The molecule has 1 aromatic carbocycles. The van der Waals surface area contributed by atoms with Gasteiger partial charge < -0.3 is 15.2 Å². The molecular formula is C16H24ClF3N2O2. The second-order valence-corrected chi connectivity index (χ2v) is 6.20. The molecule has 0 aromatic heterocycles. The van der Waals surface area contributed by atoms with Crippen LogP contribution in [0.1, 0.15) is 31.9 Å². The lowest BCUT2D eigenvalue weighted by Gasteiger charge is -2.36. The highest BCUT2D eigenvalue weighted by molar-refractivity contribution is 5.85. The Hall–Kier alpha value is -1.18. The van der Waals surface area contributed by atoms with E-state index in [1.54, 1.807) is 0 Å². The molecule has 0 aliphatic carbocycles. The predicted octanol–water partition coefficient (Wildman–Crippen LogP) is 3.71. The van der Waals surface area contributed by atoms with Crippen molar-refractivity contribution in [2.45, 2.75) is 32.7 Å². The molecular weight excluding hydrogens is 345 g/mol. The molecule has 2 rings (SSSR count). The maximum atomic E-state index is 12.4. The summed E-state index contributed by atoms with van der Waals surface area (Å²) < 4.78 is 41.3. The second-order valence-electron chi connectivity index (χ2n) is 6.20. The number of hydrogen-bond donors (Lipinski definition) is 2. The predicted molar refractivity (Wildman–Crippen MR) is 88.7 cm³/mol. The van der Waals surface area contributed by atoms with Gasteiger partial charge in [-0.15, -0.1) is 25.6 Å². The van der Waals surface area contributed by atoms with E-state index < -0.39 is 6.36 Å². The van der Waals surface area contributed by atoms with Crippen LogP contribution in [0.2, 0.25) is 0 Å². The van der Waals surface area contributed by atoms with E-state index in [4.69, 9.17) is 0 Å². The van der Waals surface area contributed by atoms with Crippen molar-refractivity contribution in [3.8, 4) is 11.5 Å². The van der Waals surface area contributed by atoms with Crippen molar-refractivity contribution in [1.29, 1.82) is 0 Å². The van der Waals surface area contributed by atoms with Crippen LogP contribution in [0.4, 0.5) is 13.2 Å². The van der Waals surface area contributed by atoms with E-state index in [9.17, 15) is 18.3 Å². The summed E-state index contributed by atoms with van der Waals surface area (Å²) in [5, 5.41) is 13.4. The van der Waals surface area contributed by atoms with Gasteiger partial charge in [0.05, 0.1) is 0 Å². The summed E-state index contributed by atoms with van der Waals surface area (Å²) in [6.07, 6.45) is -3.99. The number of benzene rings is 1. The van der Waals surface area contributed by atoms with Crippen molar-refractivity contribution in [3.63, 3.8) is 0 Å². The highest BCUT2D eigenvalue weighted by Crippen LogP contribution is 2.37. The van der Waals surface area contributed by atoms with Gasteiger partial charge in [-0.2, -0.15) is 0 Å². The first-order valence-corrected chi connectivity index (χ1v) is 7.79. The van der Waals surface area contributed by atoms with Gasteiger partial charge in [0.15, 0.2) is 0 Å². The lowest BCUT2D eigenvalue weighted by molar-refractivity contribution is -0.274. The molecule has 0 saturated carbocycles. The van der Waals surface area contributed by atoms with E-state index in [0.29, 0.717) is 11.5 Å². The van der Waals surface area contributed by atoms with Crippen LogP contribution in [-0.4, -0.2) is 42.5 Å². The maximum Gasteiger partial charge on any atom is 0.573 e. The third kappa shape index (κ3) is 6.03. The van der Waals surface area contributed by atoms with Crippen molar-refractivity contribution in [1.82, 2.24) is 10.2 Å². The molecule has 1 aliphatic rings. The number of piperazine rings is 1. The lowest BCUT2D eigenvalue weighted by Crippen LogP contribution is -2.45. The van der Waals surface area contributed by atoms with Crippen LogP contribution in [-0.2, 0) is 0 Å². The van der Waals surface area contributed by atoms with Gasteiger partial charge in [0.2, 0.25) is 0 Å². The molecule has 0 radical (unpaired) electrons. The molecule has 0 unspecified atom stereocenters. The highest BCUT2D eigenvalue weighted by Gasteiger charge is 2.32. The fourth-order valence-corrected chi connectivity index (χ4v) is 2.91. The SMILES string of the molecule is CC(C)C[C@@H](c1cc(OC(F)(F)F)ccc1O)N1CCNCC1.Cl. The molecule has 1 aliphatic heterocycles. The highest BCUT2D eigenvalue weighted by atomic mass is 35.5. The van der Waals surface area contributed by atoms with E-state index in [2.05, 4.69) is 28.8 Å². The molecule has 4 nitrogen and oxygen atoms in total. The van der Waals surface area contributed by atoms with E-state index in [1.165, 1.54) is 12.1 Å². The number of aromatic hydroxyl groups is 1. The smallest absolute Gasteiger partial charge is 0.508 e. The minimum atomic E-state index is -4.74. The zero-order chi connectivity index (χ0) is 17.0.